The number of isocyanates is 2. The summed E-state index contributed by atoms with van der Waals surface area (Å²) >= 11 is 0. The Morgan fingerprint density at radius 3 is 1.71 bits per heavy atom. The van der Waals surface area contributed by atoms with Crippen molar-refractivity contribution in [2.75, 3.05) is 13.2 Å². The van der Waals surface area contributed by atoms with Gasteiger partial charge in [0.15, 0.2) is 11.6 Å². The summed E-state index contributed by atoms with van der Waals surface area (Å²) in [6.07, 6.45) is 5.74. The van der Waals surface area contributed by atoms with Crippen LogP contribution in [0.4, 0.5) is 11.4 Å². The van der Waals surface area contributed by atoms with Gasteiger partial charge in [-0.25, -0.2) is 19.2 Å². The van der Waals surface area contributed by atoms with Gasteiger partial charge in [-0.3, -0.25) is 14.4 Å². The lowest BCUT2D eigenvalue weighted by atomic mass is 9.95. The van der Waals surface area contributed by atoms with E-state index in [0.717, 1.165) is 0 Å². The minimum atomic E-state index is -0.902. The van der Waals surface area contributed by atoms with E-state index in [2.05, 4.69) is 14.7 Å². The molecule has 0 fully saturated rings. The van der Waals surface area contributed by atoms with E-state index >= 15 is 0 Å². The van der Waals surface area contributed by atoms with Gasteiger partial charge in [-0.2, -0.15) is 9.98 Å². The van der Waals surface area contributed by atoms with Crippen molar-refractivity contribution >= 4 is 53.0 Å². The van der Waals surface area contributed by atoms with Gasteiger partial charge in [-0.15, -0.1) is 5.26 Å². The molecule has 0 N–H and O–H groups in total. The van der Waals surface area contributed by atoms with Crippen LogP contribution in [0.15, 0.2) is 82.8 Å². The number of rotatable bonds is 19. The van der Waals surface area contributed by atoms with Gasteiger partial charge in [0.25, 0.3) is 6.26 Å². The Balaban J connectivity index is 1.49. The Morgan fingerprint density at radius 2 is 1.16 bits per heavy atom. The number of benzene rings is 3. The average molecular weight is 668 g/mol. The molecule has 0 saturated heterocycles. The van der Waals surface area contributed by atoms with E-state index < -0.39 is 42.8 Å². The number of ketones is 2. The summed E-state index contributed by atoms with van der Waals surface area (Å²) in [7, 11) is 0. The van der Waals surface area contributed by atoms with Crippen molar-refractivity contribution in [3.63, 3.8) is 0 Å². The normalized spacial score (nSPS) is 10.6. The van der Waals surface area contributed by atoms with Gasteiger partial charge in [-0.1, -0.05) is 12.8 Å². The maximum atomic E-state index is 13.1. The van der Waals surface area contributed by atoms with Crippen LogP contribution in [0.25, 0.3) is 0 Å². The highest BCUT2D eigenvalue weighted by Gasteiger charge is 2.25. The molecule has 0 aliphatic carbocycles. The van der Waals surface area contributed by atoms with Crippen LogP contribution in [0, 0.1) is 17.4 Å². The fourth-order valence-corrected chi connectivity index (χ4v) is 4.34. The lowest BCUT2D eigenvalue weighted by Crippen LogP contribution is -2.25. The number of carbonyl (C=O) groups is 5. The molecule has 0 aliphatic heterocycles. The van der Waals surface area contributed by atoms with E-state index in [1.165, 1.54) is 91.2 Å². The van der Waals surface area contributed by atoms with E-state index in [1.54, 1.807) is 0 Å². The minimum Gasteiger partial charge on any atom is -0.454 e. The summed E-state index contributed by atoms with van der Waals surface area (Å²) in [6, 6.07) is 16.9. The Labute approximate surface area is 280 Å². The third-order valence-electron chi connectivity index (χ3n) is 6.81. The molecule has 49 heavy (non-hydrogen) atoms. The van der Waals surface area contributed by atoms with Crippen LogP contribution in [0.5, 0.6) is 11.5 Å². The van der Waals surface area contributed by atoms with E-state index in [0.29, 0.717) is 24.9 Å². The monoisotopic (exact) mass is 667 g/mol. The molecule has 0 heterocycles. The maximum Gasteiger partial charge on any atom is 0.338 e. The molecule has 1 unspecified atom stereocenters. The van der Waals surface area contributed by atoms with Crippen molar-refractivity contribution in [2.45, 2.75) is 38.5 Å². The van der Waals surface area contributed by atoms with E-state index in [9.17, 15) is 33.6 Å². The molecule has 14 nitrogen and oxygen atoms in total. The van der Waals surface area contributed by atoms with Crippen LogP contribution in [-0.2, 0) is 33.4 Å². The molecular formula is C35H29N3O11. The van der Waals surface area contributed by atoms with Crippen LogP contribution in [-0.4, -0.2) is 54.8 Å². The second-order valence-corrected chi connectivity index (χ2v) is 10.3. The first kappa shape index (κ1) is 36.9. The number of nitrogens with zero attached hydrogens (tertiary/aromatic N) is 3. The maximum absolute atomic E-state index is 13.1. The van der Waals surface area contributed by atoms with Crippen LogP contribution < -0.4 is 9.47 Å². The van der Waals surface area contributed by atoms with E-state index in [1.807, 2.05) is 0 Å². The molecule has 0 saturated carbocycles. The highest BCUT2D eigenvalue weighted by molar-refractivity contribution is 5.93. The fraction of sp³-hybridized carbons (Fsp3) is 0.257. The zero-order valence-corrected chi connectivity index (χ0v) is 26.0. The van der Waals surface area contributed by atoms with Crippen LogP contribution in [0.1, 0.15) is 59.2 Å². The van der Waals surface area contributed by atoms with Crippen molar-refractivity contribution in [3.8, 4) is 17.8 Å². The lowest BCUT2D eigenvalue weighted by molar-refractivity contribution is -0.141. The molecule has 0 bridgehead atoms. The van der Waals surface area contributed by atoms with Crippen molar-refractivity contribution in [3.05, 3.63) is 83.9 Å². The number of hydrogen-bond donors (Lipinski definition) is 0. The molecule has 3 aromatic rings. The summed E-state index contributed by atoms with van der Waals surface area (Å²) in [4.78, 5) is 90.4. The highest BCUT2D eigenvalue weighted by atomic mass is 16.5. The summed E-state index contributed by atoms with van der Waals surface area (Å²) in [5.74, 6) is -3.52. The third kappa shape index (κ3) is 13.0. The Bertz CT molecular complexity index is 1770. The molecule has 0 aliphatic rings. The summed E-state index contributed by atoms with van der Waals surface area (Å²) in [5.41, 5.74) is 0.904. The second kappa shape index (κ2) is 19.9. The largest absolute Gasteiger partial charge is 0.454 e. The predicted octanol–water partition coefficient (Wildman–Crippen LogP) is 5.20. The molecule has 0 radical (unpaired) electrons. The Kier molecular flexibility index (Phi) is 15.0. The van der Waals surface area contributed by atoms with Crippen molar-refractivity contribution < 1.29 is 52.5 Å². The van der Waals surface area contributed by atoms with Gasteiger partial charge in [-0.05, 0) is 85.6 Å². The number of esters is 3. The molecule has 14 heteroatoms. The van der Waals surface area contributed by atoms with Gasteiger partial charge < -0.3 is 18.9 Å². The molecule has 3 rings (SSSR count). The lowest BCUT2D eigenvalue weighted by Gasteiger charge is -2.15. The SMILES string of the molecule is N#COc1ccc(C(=O)OCC(=O)CCCCCC(CC(=O)COC(=O)c2ccc(N=C=O)cc2)C(=O)Oc2ccc(N=C=O)cc2)cc1. The number of carbonyl (C=O) groups excluding carboxylic acids is 7. The van der Waals surface area contributed by atoms with Gasteiger partial charge in [0.2, 0.25) is 12.2 Å². The number of Topliss-reactive ketones (excluding diaryl/α,β-unsaturated/α-hetero) is 2. The Morgan fingerprint density at radius 1 is 0.653 bits per heavy atom. The van der Waals surface area contributed by atoms with Crippen molar-refractivity contribution in [1.82, 2.24) is 0 Å². The number of aliphatic imine (C=N–C) groups is 2. The topological polar surface area (TPSA) is 205 Å². The summed E-state index contributed by atoms with van der Waals surface area (Å²) in [6.45, 7) is -1.02. The molecule has 3 aromatic carbocycles. The minimum absolute atomic E-state index is 0.115. The number of unbranched alkanes of at least 4 members (excludes halogenated alkanes) is 2. The molecular weight excluding hydrogens is 638 g/mol. The third-order valence-corrected chi connectivity index (χ3v) is 6.81. The highest BCUT2D eigenvalue weighted by Crippen LogP contribution is 2.22. The fourth-order valence-electron chi connectivity index (χ4n) is 4.34. The van der Waals surface area contributed by atoms with Gasteiger partial charge in [0.1, 0.15) is 24.7 Å². The smallest absolute Gasteiger partial charge is 0.338 e. The molecule has 1 atom stereocenters. The summed E-state index contributed by atoms with van der Waals surface area (Å²) in [5, 5.41) is 8.53. The first-order valence-corrected chi connectivity index (χ1v) is 14.8. The molecule has 250 valence electrons. The quantitative estimate of drug-likeness (QED) is 0.0404. The van der Waals surface area contributed by atoms with E-state index in [-0.39, 0.29) is 53.4 Å². The van der Waals surface area contributed by atoms with Gasteiger partial charge in [0.05, 0.1) is 28.4 Å². The molecule has 0 amide bonds. The second-order valence-electron chi connectivity index (χ2n) is 10.3. The van der Waals surface area contributed by atoms with Gasteiger partial charge in [0, 0.05) is 12.8 Å². The van der Waals surface area contributed by atoms with Crippen molar-refractivity contribution in [2.24, 2.45) is 15.9 Å². The first-order valence-electron chi connectivity index (χ1n) is 14.8. The molecule has 0 spiro atoms. The molecule has 0 aromatic heterocycles. The van der Waals surface area contributed by atoms with Gasteiger partial charge >= 0.3 is 17.9 Å². The number of hydrogen-bond acceptors (Lipinski definition) is 14. The van der Waals surface area contributed by atoms with Crippen LogP contribution in [0.3, 0.4) is 0 Å². The Hall–Kier alpha value is -6.54. The van der Waals surface area contributed by atoms with E-state index in [4.69, 9.17) is 19.5 Å². The predicted molar refractivity (Wildman–Crippen MR) is 169 cm³/mol. The van der Waals surface area contributed by atoms with Crippen molar-refractivity contribution in [1.29, 1.82) is 5.26 Å². The van der Waals surface area contributed by atoms with Crippen LogP contribution >= 0.6 is 0 Å². The first-order chi connectivity index (χ1) is 23.7. The zero-order chi connectivity index (χ0) is 35.4. The number of nitriles is 1. The summed E-state index contributed by atoms with van der Waals surface area (Å²) < 4.78 is 20.2. The zero-order valence-electron chi connectivity index (χ0n) is 26.0. The standard InChI is InChI=1S/C35H29N3O11/c36-21-48-31-14-8-25(9-15-31)34(44)46-19-29(41)5-3-1-2-4-26(35(45)49-32-16-12-28(13-17-32)38-23-40)18-30(42)20-47-33(43)24-6-10-27(11-7-24)37-22-39/h6-17,26H,1-5,18-20H2. The number of ether oxygens (including phenoxy) is 4. The average Bonchev–Trinajstić information content (AvgIpc) is 3.10. The van der Waals surface area contributed by atoms with Crippen LogP contribution in [0.2, 0.25) is 0 Å².